The Kier molecular flexibility index (Phi) is 66.6. The summed E-state index contributed by atoms with van der Waals surface area (Å²) in [5.74, 6) is -0.282. The van der Waals surface area contributed by atoms with Crippen LogP contribution in [0.5, 0.6) is 0 Å². The van der Waals surface area contributed by atoms with Crippen molar-refractivity contribution in [2.24, 2.45) is 0 Å². The highest BCUT2D eigenvalue weighted by Crippen LogP contribution is 2.34. The minimum absolute atomic E-state index is 0.235. The number of unbranched alkanes of at least 4 members (excludes halogenated alkanes) is 54. The Morgan fingerprint density at radius 2 is 0.577 bits per heavy atom. The van der Waals surface area contributed by atoms with Crippen LogP contribution < -0.4 is 5.32 Å². The maximum atomic E-state index is 13.5. The van der Waals surface area contributed by atoms with Crippen molar-refractivity contribution in [1.82, 2.24) is 5.32 Å². The van der Waals surface area contributed by atoms with Gasteiger partial charge in [0.2, 0.25) is 5.91 Å². The molecule has 0 aromatic rings. The predicted octanol–water partition coefficient (Wildman–Crippen LogP) is 18.0. The van der Waals surface area contributed by atoms with Crippen LogP contribution in [0, 0.1) is 0 Å². The highest BCUT2D eigenvalue weighted by Gasteiger charge is 2.54. The van der Waals surface area contributed by atoms with Crippen molar-refractivity contribution < 1.29 is 89.4 Å². The van der Waals surface area contributed by atoms with Crippen molar-refractivity contribution in [2.45, 2.75) is 503 Å². The van der Waals surface area contributed by atoms with Crippen molar-refractivity contribution >= 4 is 5.91 Å². The molecule has 652 valence electrons. The summed E-state index contributed by atoms with van der Waals surface area (Å²) >= 11 is 0. The fraction of sp³-hybridized carbons (Fsp3) is 0.902. The van der Waals surface area contributed by atoms with E-state index in [2.05, 4.69) is 55.6 Å². The molecule has 0 aromatic heterocycles. The molecule has 0 saturated carbocycles. The van der Waals surface area contributed by atoms with Crippen LogP contribution in [0.25, 0.3) is 0 Å². The summed E-state index contributed by atoms with van der Waals surface area (Å²) in [5.41, 5.74) is 0. The third-order valence-electron chi connectivity index (χ3n) is 23.1. The van der Waals surface area contributed by atoms with Crippen LogP contribution in [0.15, 0.2) is 48.6 Å². The van der Waals surface area contributed by atoms with Gasteiger partial charge in [-0.2, -0.15) is 0 Å². The molecule has 19 heteroatoms. The topological polar surface area (TPSA) is 307 Å². The minimum Gasteiger partial charge on any atom is -0.394 e. The molecule has 12 N–H and O–H groups in total. The number of carbonyl (C=O) groups is 1. The Hall–Kier alpha value is -2.25. The standard InChI is InChI=1S/C92H171NO18/c1-3-5-7-9-11-13-15-17-19-21-23-25-27-29-31-33-34-35-36-37-38-39-40-42-44-46-48-50-52-54-56-58-60-62-64-66-68-70-80(98)93-75(76(97)69-67-65-63-61-59-57-55-53-51-49-47-45-43-41-32-30-28-26-24-22-20-18-16-14-12-10-8-6-4-2)74-106-90-86(104)83(101)88(78(72-95)108-90)111-92-87(105)84(102)89(79(73-96)109-92)110-91-85(103)82(100)81(99)77(71-94)107-91/h21,23,51,53,59,61,67,69,75-79,81-92,94-97,99-105H,3-20,22,24-50,52,54-58,60,62-66,68,70-74H2,1-2H3,(H,93,98)/b23-21-,53-51+,61-59+,69-67+. The average molecular weight is 1580 g/mol. The van der Waals surface area contributed by atoms with Gasteiger partial charge in [0.25, 0.3) is 0 Å². The molecule has 0 aliphatic carbocycles. The first-order valence-electron chi connectivity index (χ1n) is 46.4. The van der Waals surface area contributed by atoms with Crippen molar-refractivity contribution in [3.8, 4) is 0 Å². The molecular weight excluding hydrogens is 1410 g/mol. The van der Waals surface area contributed by atoms with E-state index in [0.29, 0.717) is 12.8 Å². The van der Waals surface area contributed by atoms with E-state index in [9.17, 15) is 61.0 Å². The van der Waals surface area contributed by atoms with Crippen LogP contribution in [-0.2, 0) is 33.2 Å². The molecule has 0 aromatic carbocycles. The number of nitrogens with one attached hydrogen (secondary N) is 1. The molecule has 17 atom stereocenters. The van der Waals surface area contributed by atoms with Crippen LogP contribution >= 0.6 is 0 Å². The van der Waals surface area contributed by atoms with Gasteiger partial charge in [-0.15, -0.1) is 0 Å². The minimum atomic E-state index is -1.98. The highest BCUT2D eigenvalue weighted by atomic mass is 16.8. The molecule has 3 aliphatic heterocycles. The molecule has 3 aliphatic rings. The molecule has 0 bridgehead atoms. The van der Waals surface area contributed by atoms with E-state index < -0.39 is 124 Å². The summed E-state index contributed by atoms with van der Waals surface area (Å²) < 4.78 is 34.5. The van der Waals surface area contributed by atoms with Gasteiger partial charge in [-0.1, -0.05) is 371 Å². The van der Waals surface area contributed by atoms with E-state index >= 15 is 0 Å². The highest BCUT2D eigenvalue weighted by molar-refractivity contribution is 5.76. The van der Waals surface area contributed by atoms with Crippen molar-refractivity contribution in [2.75, 3.05) is 26.4 Å². The van der Waals surface area contributed by atoms with Gasteiger partial charge in [-0.3, -0.25) is 4.79 Å². The lowest BCUT2D eigenvalue weighted by Gasteiger charge is -2.48. The first-order chi connectivity index (χ1) is 54.3. The second-order valence-corrected chi connectivity index (χ2v) is 33.1. The van der Waals surface area contributed by atoms with Gasteiger partial charge in [-0.25, -0.2) is 0 Å². The van der Waals surface area contributed by atoms with E-state index in [1.165, 1.54) is 321 Å². The van der Waals surface area contributed by atoms with E-state index in [4.69, 9.17) is 28.4 Å². The first kappa shape index (κ1) is 103. The number of carbonyl (C=O) groups excluding carboxylic acids is 1. The van der Waals surface area contributed by atoms with E-state index in [-0.39, 0.29) is 18.9 Å². The Morgan fingerprint density at radius 3 is 0.901 bits per heavy atom. The zero-order valence-corrected chi connectivity index (χ0v) is 70.5. The zero-order valence-electron chi connectivity index (χ0n) is 70.5. The summed E-state index contributed by atoms with van der Waals surface area (Å²) in [6.45, 7) is 1.78. The van der Waals surface area contributed by atoms with Gasteiger partial charge >= 0.3 is 0 Å². The molecule has 1 amide bonds. The lowest BCUT2D eigenvalue weighted by Crippen LogP contribution is -2.66. The average Bonchev–Trinajstić information content (AvgIpc) is 0.779. The monoisotopic (exact) mass is 1580 g/mol. The largest absolute Gasteiger partial charge is 0.394 e. The summed E-state index contributed by atoms with van der Waals surface area (Å²) in [5, 5.41) is 121. The second-order valence-electron chi connectivity index (χ2n) is 33.1. The lowest BCUT2D eigenvalue weighted by atomic mass is 9.96. The van der Waals surface area contributed by atoms with Crippen LogP contribution in [0.2, 0.25) is 0 Å². The summed E-state index contributed by atoms with van der Waals surface area (Å²) in [7, 11) is 0. The van der Waals surface area contributed by atoms with Crippen LogP contribution in [0.1, 0.15) is 399 Å². The van der Waals surface area contributed by atoms with Gasteiger partial charge in [-0.05, 0) is 70.6 Å². The summed E-state index contributed by atoms with van der Waals surface area (Å²) in [6, 6.07) is -0.998. The van der Waals surface area contributed by atoms with Crippen LogP contribution in [0.3, 0.4) is 0 Å². The number of aliphatic hydroxyl groups is 11. The SMILES string of the molecule is CCCCCCCCCC/C=C\CCCCCCCCCCCCCCCCCCCCCCCCCCCC(=O)NC(COC1OC(CO)C(OC2OC(CO)C(OC3OC(CO)C(O)C(O)C3O)C(O)C2O)C(O)C1O)C(O)/C=C/CC/C=C/CC/C=C/CCCCCCCCCCCCCCCCCCCCC. The molecule has 0 radical (unpaired) electrons. The van der Waals surface area contributed by atoms with E-state index in [0.717, 1.165) is 44.9 Å². The van der Waals surface area contributed by atoms with Gasteiger partial charge in [0, 0.05) is 6.42 Å². The normalized spacial score (nSPS) is 25.2. The second kappa shape index (κ2) is 71.8. The number of hydrogen-bond donors (Lipinski definition) is 12. The number of amides is 1. The summed E-state index contributed by atoms with van der Waals surface area (Å²) in [6.07, 6.45) is 67.2. The quantitative estimate of drug-likeness (QED) is 0.0199. The molecule has 0 spiro atoms. The van der Waals surface area contributed by atoms with Gasteiger partial charge < -0.3 is 89.9 Å². The van der Waals surface area contributed by atoms with Gasteiger partial charge in [0.1, 0.15) is 73.2 Å². The van der Waals surface area contributed by atoms with E-state index in [1.807, 2.05) is 6.08 Å². The summed E-state index contributed by atoms with van der Waals surface area (Å²) in [4.78, 5) is 13.5. The molecule has 3 fully saturated rings. The molecular formula is C92H171NO18. The zero-order chi connectivity index (χ0) is 80.3. The molecule has 3 heterocycles. The number of aliphatic hydroxyl groups excluding tert-OH is 11. The first-order valence-corrected chi connectivity index (χ1v) is 46.4. The lowest BCUT2D eigenvalue weighted by molar-refractivity contribution is -0.379. The maximum Gasteiger partial charge on any atom is 0.220 e. The smallest absolute Gasteiger partial charge is 0.220 e. The van der Waals surface area contributed by atoms with Gasteiger partial charge in [0.05, 0.1) is 38.6 Å². The number of ether oxygens (including phenoxy) is 6. The number of rotatable bonds is 76. The predicted molar refractivity (Wildman–Crippen MR) is 448 cm³/mol. The Balaban J connectivity index is 1.32. The molecule has 19 nitrogen and oxygen atoms in total. The molecule has 111 heavy (non-hydrogen) atoms. The van der Waals surface area contributed by atoms with Crippen LogP contribution in [-0.4, -0.2) is 193 Å². The fourth-order valence-corrected chi connectivity index (χ4v) is 15.7. The van der Waals surface area contributed by atoms with Gasteiger partial charge in [0.15, 0.2) is 18.9 Å². The third kappa shape index (κ3) is 50.3. The fourth-order valence-electron chi connectivity index (χ4n) is 15.7. The van der Waals surface area contributed by atoms with Crippen molar-refractivity contribution in [1.29, 1.82) is 0 Å². The van der Waals surface area contributed by atoms with Crippen molar-refractivity contribution in [3.63, 3.8) is 0 Å². The molecule has 17 unspecified atom stereocenters. The molecule has 3 rings (SSSR count). The number of hydrogen-bond acceptors (Lipinski definition) is 18. The Morgan fingerprint density at radius 1 is 0.315 bits per heavy atom. The maximum absolute atomic E-state index is 13.5. The van der Waals surface area contributed by atoms with Crippen molar-refractivity contribution in [3.05, 3.63) is 48.6 Å². The van der Waals surface area contributed by atoms with E-state index in [1.54, 1.807) is 6.08 Å². The third-order valence-corrected chi connectivity index (χ3v) is 23.1. The van der Waals surface area contributed by atoms with Crippen LogP contribution in [0.4, 0.5) is 0 Å². The molecule has 3 saturated heterocycles. The number of allylic oxidation sites excluding steroid dienone is 7. The Labute approximate surface area is 675 Å². The Bertz CT molecular complexity index is 2190.